The van der Waals surface area contributed by atoms with Crippen molar-refractivity contribution in [2.75, 3.05) is 48.6 Å². The second kappa shape index (κ2) is 11.2. The Hall–Kier alpha value is -4.05. The monoisotopic (exact) mass is 464 g/mol. The van der Waals surface area contributed by atoms with E-state index in [1.165, 1.54) is 0 Å². The van der Waals surface area contributed by atoms with Crippen LogP contribution in [-0.2, 0) is 9.53 Å². The number of halogens is 1. The Bertz CT molecular complexity index is 1150. The third-order valence-electron chi connectivity index (χ3n) is 5.08. The van der Waals surface area contributed by atoms with Crippen LogP contribution in [0.4, 0.5) is 21.8 Å². The standard InChI is InChI=1S/C24H25FN6O3/c1-17-4-2-3-5-21(17)28-22(32)16-34-19-8-6-18(7-9-19)14-27-30-24-26-15-20(25)23(29-24)31-10-12-33-13-11-31/h2-9,14-15H,10-13,16H2,1H3,(H,28,32)(H,26,29,30)/b27-14-. The smallest absolute Gasteiger partial charge is 0.262 e. The summed E-state index contributed by atoms with van der Waals surface area (Å²) in [5.41, 5.74) is 5.26. The van der Waals surface area contributed by atoms with Gasteiger partial charge in [-0.1, -0.05) is 18.2 Å². The van der Waals surface area contributed by atoms with Crippen LogP contribution in [0.5, 0.6) is 5.75 Å². The van der Waals surface area contributed by atoms with E-state index in [4.69, 9.17) is 9.47 Å². The molecule has 0 unspecified atom stereocenters. The number of morpholine rings is 1. The summed E-state index contributed by atoms with van der Waals surface area (Å²) in [6.45, 7) is 4.02. The molecule has 2 heterocycles. The van der Waals surface area contributed by atoms with Crippen molar-refractivity contribution in [3.05, 3.63) is 71.7 Å². The first-order chi connectivity index (χ1) is 16.6. The summed E-state index contributed by atoms with van der Waals surface area (Å²) in [7, 11) is 0. The van der Waals surface area contributed by atoms with Crippen LogP contribution in [0.2, 0.25) is 0 Å². The molecule has 1 aliphatic heterocycles. The van der Waals surface area contributed by atoms with Gasteiger partial charge in [0.05, 0.1) is 25.6 Å². The largest absolute Gasteiger partial charge is 0.484 e. The lowest BCUT2D eigenvalue weighted by atomic mass is 10.2. The van der Waals surface area contributed by atoms with E-state index in [0.717, 1.165) is 23.0 Å². The highest BCUT2D eigenvalue weighted by molar-refractivity contribution is 5.92. The van der Waals surface area contributed by atoms with Gasteiger partial charge in [0.25, 0.3) is 5.91 Å². The molecule has 1 amide bonds. The number of ether oxygens (including phenoxy) is 2. The number of nitrogens with one attached hydrogen (secondary N) is 2. The van der Waals surface area contributed by atoms with E-state index in [-0.39, 0.29) is 24.3 Å². The molecule has 0 saturated carbocycles. The number of carbonyl (C=O) groups excluding carboxylic acids is 1. The zero-order chi connectivity index (χ0) is 23.8. The van der Waals surface area contributed by atoms with Crippen molar-refractivity contribution in [3.63, 3.8) is 0 Å². The van der Waals surface area contributed by atoms with Gasteiger partial charge >= 0.3 is 0 Å². The number of rotatable bonds is 8. The number of aromatic nitrogens is 2. The number of aryl methyl sites for hydroxylation is 1. The lowest BCUT2D eigenvalue weighted by Gasteiger charge is -2.27. The van der Waals surface area contributed by atoms with E-state index >= 15 is 0 Å². The maximum Gasteiger partial charge on any atom is 0.262 e. The Morgan fingerprint density at radius 3 is 2.74 bits per heavy atom. The van der Waals surface area contributed by atoms with Crippen molar-refractivity contribution >= 4 is 29.6 Å². The van der Waals surface area contributed by atoms with Gasteiger partial charge in [0.1, 0.15) is 5.75 Å². The predicted molar refractivity (Wildman–Crippen MR) is 128 cm³/mol. The molecule has 1 fully saturated rings. The molecule has 0 aliphatic carbocycles. The molecule has 0 atom stereocenters. The molecular weight excluding hydrogens is 439 g/mol. The number of hydrogen-bond donors (Lipinski definition) is 2. The first-order valence-corrected chi connectivity index (χ1v) is 10.8. The van der Waals surface area contributed by atoms with Gasteiger partial charge in [-0.3, -0.25) is 4.79 Å². The van der Waals surface area contributed by atoms with E-state index in [2.05, 4.69) is 25.8 Å². The summed E-state index contributed by atoms with van der Waals surface area (Å²) in [6.07, 6.45) is 2.70. The third kappa shape index (κ3) is 6.26. The maximum absolute atomic E-state index is 14.1. The molecular formula is C24H25FN6O3. The molecule has 3 aromatic rings. The van der Waals surface area contributed by atoms with Crippen LogP contribution in [0, 0.1) is 12.7 Å². The quantitative estimate of drug-likeness (QED) is 0.390. The molecule has 34 heavy (non-hydrogen) atoms. The van der Waals surface area contributed by atoms with Crippen molar-refractivity contribution in [2.45, 2.75) is 6.92 Å². The van der Waals surface area contributed by atoms with E-state index in [0.29, 0.717) is 32.1 Å². The minimum Gasteiger partial charge on any atom is -0.484 e. The average molecular weight is 465 g/mol. The van der Waals surface area contributed by atoms with Gasteiger partial charge in [0.2, 0.25) is 5.95 Å². The highest BCUT2D eigenvalue weighted by Gasteiger charge is 2.17. The molecule has 1 aliphatic rings. The Morgan fingerprint density at radius 2 is 1.97 bits per heavy atom. The highest BCUT2D eigenvalue weighted by atomic mass is 19.1. The average Bonchev–Trinajstić information content (AvgIpc) is 2.86. The van der Waals surface area contributed by atoms with Crippen LogP contribution in [-0.4, -0.2) is 55.0 Å². The van der Waals surface area contributed by atoms with Crippen LogP contribution in [0.25, 0.3) is 0 Å². The summed E-state index contributed by atoms with van der Waals surface area (Å²) in [5, 5.41) is 6.94. The summed E-state index contributed by atoms with van der Waals surface area (Å²) in [6, 6.07) is 14.6. The minimum atomic E-state index is -0.486. The second-order valence-electron chi connectivity index (χ2n) is 7.56. The van der Waals surface area contributed by atoms with E-state index in [1.807, 2.05) is 36.1 Å². The lowest BCUT2D eigenvalue weighted by molar-refractivity contribution is -0.118. The van der Waals surface area contributed by atoms with Crippen molar-refractivity contribution < 1.29 is 18.7 Å². The fourth-order valence-electron chi connectivity index (χ4n) is 3.27. The number of nitrogens with zero attached hydrogens (tertiary/aromatic N) is 4. The van der Waals surface area contributed by atoms with Gasteiger partial charge in [-0.15, -0.1) is 0 Å². The minimum absolute atomic E-state index is 0.100. The van der Waals surface area contributed by atoms with Gasteiger partial charge < -0.3 is 19.7 Å². The zero-order valence-corrected chi connectivity index (χ0v) is 18.7. The number of amides is 1. The second-order valence-corrected chi connectivity index (χ2v) is 7.56. The fraction of sp³-hybridized carbons (Fsp3) is 0.250. The molecule has 1 aromatic heterocycles. The summed E-state index contributed by atoms with van der Waals surface area (Å²) in [5.74, 6) is 0.254. The van der Waals surface area contributed by atoms with E-state index < -0.39 is 5.82 Å². The number of benzene rings is 2. The van der Waals surface area contributed by atoms with Crippen LogP contribution in [0.1, 0.15) is 11.1 Å². The molecule has 2 aromatic carbocycles. The molecule has 2 N–H and O–H groups in total. The number of anilines is 3. The summed E-state index contributed by atoms with van der Waals surface area (Å²) in [4.78, 5) is 22.1. The number of hydrogen-bond acceptors (Lipinski definition) is 8. The van der Waals surface area contributed by atoms with Crippen molar-refractivity contribution in [1.29, 1.82) is 0 Å². The summed E-state index contributed by atoms with van der Waals surface area (Å²) < 4.78 is 25.0. The number of para-hydroxylation sites is 1. The Balaban J connectivity index is 1.27. The molecule has 176 valence electrons. The van der Waals surface area contributed by atoms with Crippen LogP contribution >= 0.6 is 0 Å². The number of carbonyl (C=O) groups is 1. The third-order valence-corrected chi connectivity index (χ3v) is 5.08. The molecule has 10 heteroatoms. The van der Waals surface area contributed by atoms with Gasteiger partial charge in [-0.2, -0.15) is 10.1 Å². The van der Waals surface area contributed by atoms with Crippen LogP contribution < -0.4 is 20.4 Å². The van der Waals surface area contributed by atoms with Crippen molar-refractivity contribution in [3.8, 4) is 5.75 Å². The number of hydrazone groups is 1. The molecule has 1 saturated heterocycles. The predicted octanol–water partition coefficient (Wildman–Crippen LogP) is 3.22. The van der Waals surface area contributed by atoms with Crippen molar-refractivity contribution in [1.82, 2.24) is 9.97 Å². The van der Waals surface area contributed by atoms with Gasteiger partial charge in [-0.25, -0.2) is 14.8 Å². The Labute approximate surface area is 196 Å². The summed E-state index contributed by atoms with van der Waals surface area (Å²) >= 11 is 0. The fourth-order valence-corrected chi connectivity index (χ4v) is 3.27. The highest BCUT2D eigenvalue weighted by Crippen LogP contribution is 2.19. The van der Waals surface area contributed by atoms with Crippen LogP contribution in [0.3, 0.4) is 0 Å². The molecule has 4 rings (SSSR count). The molecule has 0 bridgehead atoms. The molecule has 0 radical (unpaired) electrons. The normalized spacial score (nSPS) is 13.6. The van der Waals surface area contributed by atoms with Gasteiger partial charge in [0.15, 0.2) is 18.2 Å². The maximum atomic E-state index is 14.1. The lowest BCUT2D eigenvalue weighted by Crippen LogP contribution is -2.37. The van der Waals surface area contributed by atoms with Crippen molar-refractivity contribution in [2.24, 2.45) is 5.10 Å². The first kappa shape index (κ1) is 23.1. The van der Waals surface area contributed by atoms with Gasteiger partial charge in [0, 0.05) is 18.8 Å². The topological polar surface area (TPSA) is 101 Å². The van der Waals surface area contributed by atoms with Crippen LogP contribution in [0.15, 0.2) is 59.8 Å². The SMILES string of the molecule is Cc1ccccc1NC(=O)COc1ccc(/C=N\Nc2ncc(F)c(N3CCOCC3)n2)cc1. The van der Waals surface area contributed by atoms with E-state index in [1.54, 1.807) is 30.5 Å². The van der Waals surface area contributed by atoms with Gasteiger partial charge in [-0.05, 0) is 48.4 Å². The Morgan fingerprint density at radius 1 is 1.21 bits per heavy atom. The molecule has 9 nitrogen and oxygen atoms in total. The van der Waals surface area contributed by atoms with E-state index in [9.17, 15) is 9.18 Å². The first-order valence-electron chi connectivity index (χ1n) is 10.8. The zero-order valence-electron chi connectivity index (χ0n) is 18.7. The molecule has 0 spiro atoms. The Kier molecular flexibility index (Phi) is 7.61.